The average molecular weight is 387 g/mol. The maximum atomic E-state index is 13.4. The van der Waals surface area contributed by atoms with Crippen molar-refractivity contribution in [1.29, 1.82) is 0 Å². The molecule has 1 aromatic carbocycles. The number of thioether (sulfide) groups is 1. The van der Waals surface area contributed by atoms with Crippen molar-refractivity contribution in [2.75, 3.05) is 0 Å². The number of cyclic esters (lactones) is 1. The van der Waals surface area contributed by atoms with E-state index in [4.69, 9.17) is 9.72 Å². The number of hydrogen-bond donors (Lipinski definition) is 0. The van der Waals surface area contributed by atoms with E-state index in [1.807, 2.05) is 35.8 Å². The summed E-state index contributed by atoms with van der Waals surface area (Å²) in [5, 5.41) is 1.01. The van der Waals surface area contributed by atoms with E-state index in [1.54, 1.807) is 0 Å². The van der Waals surface area contributed by atoms with Crippen molar-refractivity contribution in [3.05, 3.63) is 34.6 Å². The first-order valence-electron chi connectivity index (χ1n) is 9.84. The van der Waals surface area contributed by atoms with Crippen molar-refractivity contribution in [3.8, 4) is 0 Å². The van der Waals surface area contributed by atoms with E-state index in [2.05, 4.69) is 13.8 Å². The molecule has 0 unspecified atom stereocenters. The summed E-state index contributed by atoms with van der Waals surface area (Å²) >= 11 is 1.39. The zero-order valence-corrected chi connectivity index (χ0v) is 16.9. The Hall–Kier alpha value is -1.82. The number of aromatic nitrogens is 2. The zero-order chi connectivity index (χ0) is 19.1. The first kappa shape index (κ1) is 18.5. The first-order chi connectivity index (χ1) is 13.0. The van der Waals surface area contributed by atoms with Crippen LogP contribution in [-0.4, -0.2) is 26.9 Å². The summed E-state index contributed by atoms with van der Waals surface area (Å²) in [7, 11) is 0. The number of carbonyl (C=O) groups excluding carboxylic acids is 1. The Labute approximate surface area is 163 Å². The molecule has 0 spiro atoms. The van der Waals surface area contributed by atoms with Gasteiger partial charge >= 0.3 is 5.97 Å². The van der Waals surface area contributed by atoms with Crippen molar-refractivity contribution < 1.29 is 9.53 Å². The normalized spacial score (nSPS) is 31.2. The Kier molecular flexibility index (Phi) is 5.01. The SMILES string of the molecule is C[C@@H]1[C@H](C)CCC[C@H]1n1c(S[C@H]2C[C@@H](C)OC2=O)nc2ccccc2c1=O. The van der Waals surface area contributed by atoms with Crippen LogP contribution in [0.15, 0.2) is 34.2 Å². The van der Waals surface area contributed by atoms with Gasteiger partial charge in [-0.15, -0.1) is 0 Å². The summed E-state index contributed by atoms with van der Waals surface area (Å²) in [6.45, 7) is 6.40. The number of fused-ring (bicyclic) bond motifs is 1. The molecule has 6 heteroatoms. The molecule has 2 aromatic rings. The molecule has 2 aliphatic rings. The predicted molar refractivity (Wildman–Crippen MR) is 107 cm³/mol. The van der Waals surface area contributed by atoms with E-state index in [1.165, 1.54) is 18.2 Å². The minimum atomic E-state index is -0.296. The molecule has 2 heterocycles. The number of benzene rings is 1. The maximum absolute atomic E-state index is 13.4. The van der Waals surface area contributed by atoms with Crippen molar-refractivity contribution in [2.45, 2.75) is 69.0 Å². The number of esters is 1. The van der Waals surface area contributed by atoms with Gasteiger partial charge in [-0.2, -0.15) is 0 Å². The summed E-state index contributed by atoms with van der Waals surface area (Å²) in [4.78, 5) is 30.4. The largest absolute Gasteiger partial charge is 0.462 e. The van der Waals surface area contributed by atoms with Gasteiger partial charge in [-0.3, -0.25) is 14.2 Å². The molecule has 1 aliphatic carbocycles. The quantitative estimate of drug-likeness (QED) is 0.585. The van der Waals surface area contributed by atoms with E-state index in [-0.39, 0.29) is 28.9 Å². The molecule has 144 valence electrons. The molecular formula is C21H26N2O3S. The molecule has 0 bridgehead atoms. The zero-order valence-electron chi connectivity index (χ0n) is 16.1. The average Bonchev–Trinajstić information content (AvgIpc) is 2.95. The third-order valence-corrected chi connectivity index (χ3v) is 7.31. The van der Waals surface area contributed by atoms with Gasteiger partial charge in [0.15, 0.2) is 5.16 Å². The van der Waals surface area contributed by atoms with E-state index in [0.717, 1.165) is 12.8 Å². The smallest absolute Gasteiger partial charge is 0.319 e. The Morgan fingerprint density at radius 1 is 1.15 bits per heavy atom. The van der Waals surface area contributed by atoms with Crippen LogP contribution in [0.3, 0.4) is 0 Å². The molecule has 1 saturated carbocycles. The fourth-order valence-electron chi connectivity index (χ4n) is 4.36. The molecule has 1 aliphatic heterocycles. The molecule has 1 saturated heterocycles. The topological polar surface area (TPSA) is 61.2 Å². The van der Waals surface area contributed by atoms with Crippen LogP contribution < -0.4 is 5.56 Å². The highest BCUT2D eigenvalue weighted by molar-refractivity contribution is 8.00. The lowest BCUT2D eigenvalue weighted by Gasteiger charge is -2.36. The van der Waals surface area contributed by atoms with Gasteiger partial charge in [-0.25, -0.2) is 4.98 Å². The second kappa shape index (κ2) is 7.30. The lowest BCUT2D eigenvalue weighted by Crippen LogP contribution is -2.35. The summed E-state index contributed by atoms with van der Waals surface area (Å²) in [6.07, 6.45) is 3.86. The number of carbonyl (C=O) groups is 1. The van der Waals surface area contributed by atoms with Gasteiger partial charge in [0.05, 0.1) is 10.9 Å². The monoisotopic (exact) mass is 386 g/mol. The van der Waals surface area contributed by atoms with Gasteiger partial charge in [0, 0.05) is 12.5 Å². The third kappa shape index (κ3) is 3.40. The molecule has 0 N–H and O–H groups in total. The van der Waals surface area contributed by atoms with Crippen LogP contribution in [0.4, 0.5) is 0 Å². The second-order valence-corrected chi connectivity index (χ2v) is 9.18. The van der Waals surface area contributed by atoms with Gasteiger partial charge < -0.3 is 4.74 Å². The molecule has 27 heavy (non-hydrogen) atoms. The number of nitrogens with zero attached hydrogens (tertiary/aromatic N) is 2. The number of para-hydroxylation sites is 1. The molecule has 2 fully saturated rings. The highest BCUT2D eigenvalue weighted by Crippen LogP contribution is 2.40. The van der Waals surface area contributed by atoms with Gasteiger partial charge in [0.1, 0.15) is 11.4 Å². The van der Waals surface area contributed by atoms with Crippen LogP contribution in [0, 0.1) is 11.8 Å². The van der Waals surface area contributed by atoms with Crippen LogP contribution in [-0.2, 0) is 9.53 Å². The van der Waals surface area contributed by atoms with Gasteiger partial charge in [-0.1, -0.05) is 50.6 Å². The number of hydrogen-bond acceptors (Lipinski definition) is 5. The Morgan fingerprint density at radius 2 is 1.93 bits per heavy atom. The maximum Gasteiger partial charge on any atom is 0.319 e. The van der Waals surface area contributed by atoms with Gasteiger partial charge in [0.2, 0.25) is 0 Å². The van der Waals surface area contributed by atoms with Crippen molar-refractivity contribution in [3.63, 3.8) is 0 Å². The van der Waals surface area contributed by atoms with Crippen LogP contribution in [0.1, 0.15) is 52.5 Å². The number of rotatable bonds is 3. The van der Waals surface area contributed by atoms with Gasteiger partial charge in [0.25, 0.3) is 5.56 Å². The van der Waals surface area contributed by atoms with Crippen molar-refractivity contribution in [1.82, 2.24) is 9.55 Å². The van der Waals surface area contributed by atoms with Crippen LogP contribution in [0.2, 0.25) is 0 Å². The lowest BCUT2D eigenvalue weighted by atomic mass is 9.78. The molecule has 5 nitrogen and oxygen atoms in total. The third-order valence-electron chi connectivity index (χ3n) is 6.14. The summed E-state index contributed by atoms with van der Waals surface area (Å²) in [6, 6.07) is 7.61. The fourth-order valence-corrected chi connectivity index (χ4v) is 5.62. The predicted octanol–water partition coefficient (Wildman–Crippen LogP) is 4.19. The van der Waals surface area contributed by atoms with Crippen LogP contribution >= 0.6 is 11.8 Å². The highest BCUT2D eigenvalue weighted by atomic mass is 32.2. The molecule has 0 radical (unpaired) electrons. The van der Waals surface area contributed by atoms with Crippen molar-refractivity contribution in [2.24, 2.45) is 11.8 Å². The molecule has 4 rings (SSSR count). The standard InChI is InChI=1S/C21H26N2O3S/c1-12-7-6-10-17(14(12)3)23-19(24)15-8-4-5-9-16(15)22-21(23)27-18-11-13(2)26-20(18)25/h4-5,8-9,12-14,17-18H,6-7,10-11H2,1-3H3/t12-,13-,14-,17-,18+/m1/s1. The van der Waals surface area contributed by atoms with Gasteiger partial charge in [-0.05, 0) is 37.3 Å². The fraction of sp³-hybridized carbons (Fsp3) is 0.571. The van der Waals surface area contributed by atoms with E-state index < -0.39 is 0 Å². The highest BCUT2D eigenvalue weighted by Gasteiger charge is 2.36. The first-order valence-corrected chi connectivity index (χ1v) is 10.7. The Balaban J connectivity index is 1.83. The molecule has 0 amide bonds. The van der Waals surface area contributed by atoms with E-state index >= 15 is 0 Å². The lowest BCUT2D eigenvalue weighted by molar-refractivity contribution is -0.140. The molecule has 1 aromatic heterocycles. The van der Waals surface area contributed by atoms with E-state index in [9.17, 15) is 9.59 Å². The summed E-state index contributed by atoms with van der Waals surface area (Å²) in [5.74, 6) is 0.760. The summed E-state index contributed by atoms with van der Waals surface area (Å²) < 4.78 is 7.19. The van der Waals surface area contributed by atoms with Crippen molar-refractivity contribution >= 4 is 28.6 Å². The Bertz CT molecular complexity index is 925. The van der Waals surface area contributed by atoms with E-state index in [0.29, 0.717) is 34.3 Å². The second-order valence-electron chi connectivity index (χ2n) is 8.01. The van der Waals surface area contributed by atoms with Crippen LogP contribution in [0.5, 0.6) is 0 Å². The minimum absolute atomic E-state index is 0.00784. The minimum Gasteiger partial charge on any atom is -0.462 e. The number of ether oxygens (including phenoxy) is 1. The Morgan fingerprint density at radius 3 is 2.67 bits per heavy atom. The molecule has 5 atom stereocenters. The van der Waals surface area contributed by atoms with Crippen LogP contribution in [0.25, 0.3) is 10.9 Å². The summed E-state index contributed by atoms with van der Waals surface area (Å²) in [5.41, 5.74) is 0.700. The molecular weight excluding hydrogens is 360 g/mol.